The molecule has 2 rings (SSSR count). The fraction of sp³-hybridized carbons (Fsp3) is 0.286. The van der Waals surface area contributed by atoms with E-state index in [1.807, 2.05) is 19.9 Å². The lowest BCUT2D eigenvalue weighted by Gasteiger charge is -2.17. The number of urea groups is 1. The Labute approximate surface area is 122 Å². The summed E-state index contributed by atoms with van der Waals surface area (Å²) in [5.41, 5.74) is 2.36. The third-order valence-corrected chi connectivity index (χ3v) is 3.10. The van der Waals surface area contributed by atoms with Gasteiger partial charge < -0.3 is 14.7 Å². The number of nitrogens with zero attached hydrogens (tertiary/aromatic N) is 2. The van der Waals surface area contributed by atoms with Crippen LogP contribution in [0.15, 0.2) is 28.8 Å². The number of rotatable bonds is 3. The van der Waals surface area contributed by atoms with Crippen LogP contribution in [0.2, 0.25) is 5.02 Å². The molecule has 0 saturated heterocycles. The Morgan fingerprint density at radius 1 is 1.40 bits per heavy atom. The summed E-state index contributed by atoms with van der Waals surface area (Å²) in [5, 5.41) is 7.27. The van der Waals surface area contributed by atoms with Gasteiger partial charge in [0.1, 0.15) is 11.5 Å². The normalized spacial score (nSPS) is 10.4. The standard InChI is InChI=1S/C14H16ClN3O2/c1-9-4-5-11(15)7-13(9)16-14(19)18(3)8-12-6-10(2)20-17-12/h4-7H,8H2,1-3H3,(H,16,19). The molecule has 106 valence electrons. The fourth-order valence-corrected chi connectivity index (χ4v) is 1.92. The molecule has 0 unspecified atom stereocenters. The second-order valence-electron chi connectivity index (χ2n) is 4.67. The minimum absolute atomic E-state index is 0.226. The average molecular weight is 294 g/mol. The van der Waals surface area contributed by atoms with Gasteiger partial charge in [-0.2, -0.15) is 0 Å². The van der Waals surface area contributed by atoms with Crippen molar-refractivity contribution in [1.82, 2.24) is 10.1 Å². The minimum atomic E-state index is -0.226. The molecule has 0 saturated carbocycles. The summed E-state index contributed by atoms with van der Waals surface area (Å²) in [6.45, 7) is 4.10. The molecule has 1 heterocycles. The number of benzene rings is 1. The number of anilines is 1. The van der Waals surface area contributed by atoms with E-state index in [-0.39, 0.29) is 6.03 Å². The first-order valence-corrected chi connectivity index (χ1v) is 6.54. The largest absolute Gasteiger partial charge is 0.361 e. The Morgan fingerprint density at radius 2 is 2.15 bits per heavy atom. The molecule has 0 bridgehead atoms. The van der Waals surface area contributed by atoms with E-state index in [2.05, 4.69) is 10.5 Å². The van der Waals surface area contributed by atoms with Gasteiger partial charge in [-0.3, -0.25) is 0 Å². The van der Waals surface area contributed by atoms with Gasteiger partial charge in [-0.25, -0.2) is 4.79 Å². The van der Waals surface area contributed by atoms with Crippen LogP contribution >= 0.6 is 11.6 Å². The minimum Gasteiger partial charge on any atom is -0.361 e. The number of amides is 2. The molecule has 2 aromatic rings. The number of carbonyl (C=O) groups excluding carboxylic acids is 1. The smallest absolute Gasteiger partial charge is 0.321 e. The van der Waals surface area contributed by atoms with E-state index in [1.165, 1.54) is 4.90 Å². The quantitative estimate of drug-likeness (QED) is 0.940. The van der Waals surface area contributed by atoms with Crippen molar-refractivity contribution in [2.45, 2.75) is 20.4 Å². The van der Waals surface area contributed by atoms with Crippen molar-refractivity contribution in [3.05, 3.63) is 46.3 Å². The zero-order valence-electron chi connectivity index (χ0n) is 11.6. The van der Waals surface area contributed by atoms with Gasteiger partial charge in [0.05, 0.1) is 6.54 Å². The maximum absolute atomic E-state index is 12.1. The lowest BCUT2D eigenvalue weighted by atomic mass is 10.2. The van der Waals surface area contributed by atoms with Crippen molar-refractivity contribution in [2.75, 3.05) is 12.4 Å². The van der Waals surface area contributed by atoms with Crippen LogP contribution in [-0.2, 0) is 6.54 Å². The molecule has 0 aliphatic rings. The molecule has 0 atom stereocenters. The summed E-state index contributed by atoms with van der Waals surface area (Å²) in [6.07, 6.45) is 0. The van der Waals surface area contributed by atoms with Crippen LogP contribution in [-0.4, -0.2) is 23.1 Å². The Morgan fingerprint density at radius 3 is 2.80 bits per heavy atom. The lowest BCUT2D eigenvalue weighted by Crippen LogP contribution is -2.31. The first-order valence-electron chi connectivity index (χ1n) is 6.16. The predicted octanol–water partition coefficient (Wildman–Crippen LogP) is 3.61. The molecule has 0 fully saturated rings. The molecule has 0 aliphatic carbocycles. The molecule has 5 nitrogen and oxygen atoms in total. The molecule has 0 spiro atoms. The summed E-state index contributed by atoms with van der Waals surface area (Å²) < 4.78 is 4.97. The van der Waals surface area contributed by atoms with Crippen molar-refractivity contribution in [3.8, 4) is 0 Å². The Bertz CT molecular complexity index is 625. The number of halogens is 1. The average Bonchev–Trinajstić information content (AvgIpc) is 2.79. The molecular formula is C14H16ClN3O2. The second-order valence-corrected chi connectivity index (χ2v) is 5.11. The van der Waals surface area contributed by atoms with Crippen LogP contribution in [0.25, 0.3) is 0 Å². The van der Waals surface area contributed by atoms with E-state index in [9.17, 15) is 4.79 Å². The Kier molecular flexibility index (Phi) is 4.29. The number of carbonyl (C=O) groups is 1. The van der Waals surface area contributed by atoms with Crippen molar-refractivity contribution >= 4 is 23.3 Å². The van der Waals surface area contributed by atoms with E-state index < -0.39 is 0 Å². The molecule has 2 amide bonds. The first kappa shape index (κ1) is 14.4. The summed E-state index contributed by atoms with van der Waals surface area (Å²) in [7, 11) is 1.69. The summed E-state index contributed by atoms with van der Waals surface area (Å²) in [5.74, 6) is 0.722. The van der Waals surface area contributed by atoms with Gasteiger partial charge in [-0.05, 0) is 31.5 Å². The molecule has 1 N–H and O–H groups in total. The second kappa shape index (κ2) is 5.96. The highest BCUT2D eigenvalue weighted by atomic mass is 35.5. The van der Waals surface area contributed by atoms with Crippen molar-refractivity contribution in [2.24, 2.45) is 0 Å². The first-order chi connectivity index (χ1) is 9.45. The van der Waals surface area contributed by atoms with E-state index >= 15 is 0 Å². The maximum Gasteiger partial charge on any atom is 0.321 e. The SMILES string of the molecule is Cc1cc(CN(C)C(=O)Nc2cc(Cl)ccc2C)no1. The number of aromatic nitrogens is 1. The number of aryl methyl sites for hydroxylation is 2. The van der Waals surface area contributed by atoms with Gasteiger partial charge >= 0.3 is 6.03 Å². The Hall–Kier alpha value is -2.01. The topological polar surface area (TPSA) is 58.4 Å². The highest BCUT2D eigenvalue weighted by Gasteiger charge is 2.12. The van der Waals surface area contributed by atoms with E-state index in [0.717, 1.165) is 11.3 Å². The van der Waals surface area contributed by atoms with Gasteiger partial charge in [-0.15, -0.1) is 0 Å². The van der Waals surface area contributed by atoms with Crippen LogP contribution in [0.1, 0.15) is 17.0 Å². The lowest BCUT2D eigenvalue weighted by molar-refractivity contribution is 0.219. The van der Waals surface area contributed by atoms with E-state index in [0.29, 0.717) is 22.9 Å². The summed E-state index contributed by atoms with van der Waals surface area (Å²) in [4.78, 5) is 13.6. The molecular weight excluding hydrogens is 278 g/mol. The number of nitrogens with one attached hydrogen (secondary N) is 1. The Balaban J connectivity index is 2.02. The molecule has 0 radical (unpaired) electrons. The van der Waals surface area contributed by atoms with Gasteiger partial charge in [0.15, 0.2) is 0 Å². The molecule has 1 aromatic heterocycles. The van der Waals surface area contributed by atoms with Crippen LogP contribution in [0.5, 0.6) is 0 Å². The third kappa shape index (κ3) is 3.51. The fourth-order valence-electron chi connectivity index (χ4n) is 1.75. The van der Waals surface area contributed by atoms with Gasteiger partial charge in [0.25, 0.3) is 0 Å². The van der Waals surface area contributed by atoms with Crippen LogP contribution < -0.4 is 5.32 Å². The summed E-state index contributed by atoms with van der Waals surface area (Å²) in [6, 6.07) is 6.95. The van der Waals surface area contributed by atoms with Crippen LogP contribution in [0.3, 0.4) is 0 Å². The van der Waals surface area contributed by atoms with Crippen LogP contribution in [0.4, 0.5) is 10.5 Å². The van der Waals surface area contributed by atoms with E-state index in [1.54, 1.807) is 25.2 Å². The van der Waals surface area contributed by atoms with E-state index in [4.69, 9.17) is 16.1 Å². The maximum atomic E-state index is 12.1. The van der Waals surface area contributed by atoms with Crippen molar-refractivity contribution < 1.29 is 9.32 Å². The van der Waals surface area contributed by atoms with Gasteiger partial charge in [0, 0.05) is 23.8 Å². The van der Waals surface area contributed by atoms with Crippen LogP contribution in [0, 0.1) is 13.8 Å². The van der Waals surface area contributed by atoms with Crippen molar-refractivity contribution in [1.29, 1.82) is 0 Å². The zero-order valence-corrected chi connectivity index (χ0v) is 12.4. The third-order valence-electron chi connectivity index (χ3n) is 2.86. The molecule has 0 aliphatic heterocycles. The van der Waals surface area contributed by atoms with Gasteiger partial charge in [-0.1, -0.05) is 22.8 Å². The van der Waals surface area contributed by atoms with Crippen molar-refractivity contribution in [3.63, 3.8) is 0 Å². The molecule has 6 heteroatoms. The zero-order chi connectivity index (χ0) is 14.7. The predicted molar refractivity (Wildman–Crippen MR) is 77.9 cm³/mol. The molecule has 1 aromatic carbocycles. The highest BCUT2D eigenvalue weighted by molar-refractivity contribution is 6.31. The van der Waals surface area contributed by atoms with Gasteiger partial charge in [0.2, 0.25) is 0 Å². The summed E-state index contributed by atoms with van der Waals surface area (Å²) >= 11 is 5.93. The number of hydrogen-bond donors (Lipinski definition) is 1. The monoisotopic (exact) mass is 293 g/mol. The molecule has 20 heavy (non-hydrogen) atoms. The number of hydrogen-bond acceptors (Lipinski definition) is 3. The highest BCUT2D eigenvalue weighted by Crippen LogP contribution is 2.20.